The third kappa shape index (κ3) is 5.23. The quantitative estimate of drug-likeness (QED) is 0.518. The van der Waals surface area contributed by atoms with Crippen LogP contribution in [0, 0.1) is 20.8 Å². The molecule has 0 saturated heterocycles. The molecule has 0 bridgehead atoms. The van der Waals surface area contributed by atoms with Crippen LogP contribution in [-0.4, -0.2) is 28.0 Å². The third-order valence-electron chi connectivity index (χ3n) is 4.95. The predicted molar refractivity (Wildman–Crippen MR) is 128 cm³/mol. The lowest BCUT2D eigenvalue weighted by Crippen LogP contribution is -2.38. The van der Waals surface area contributed by atoms with Crippen LogP contribution in [0.5, 0.6) is 5.75 Å². The van der Waals surface area contributed by atoms with Crippen LogP contribution in [0.4, 0.5) is 11.4 Å². The van der Waals surface area contributed by atoms with Crippen molar-refractivity contribution in [2.24, 2.45) is 0 Å². The number of ether oxygens (including phenoxy) is 1. The van der Waals surface area contributed by atoms with E-state index >= 15 is 0 Å². The Hall–Kier alpha value is -3.03. The lowest BCUT2D eigenvalue weighted by atomic mass is 10.1. The van der Waals surface area contributed by atoms with Crippen LogP contribution in [0.2, 0.25) is 5.02 Å². The fourth-order valence-corrected chi connectivity index (χ4v) is 5.07. The summed E-state index contributed by atoms with van der Waals surface area (Å²) in [5.41, 5.74) is 3.49. The molecule has 0 fully saturated rings. The molecule has 0 spiro atoms. The van der Waals surface area contributed by atoms with Crippen molar-refractivity contribution < 1.29 is 17.9 Å². The molecule has 168 valence electrons. The van der Waals surface area contributed by atoms with Gasteiger partial charge in [0.1, 0.15) is 12.3 Å². The summed E-state index contributed by atoms with van der Waals surface area (Å²) in [7, 11) is -2.48. The van der Waals surface area contributed by atoms with E-state index in [9.17, 15) is 13.2 Å². The van der Waals surface area contributed by atoms with Crippen molar-refractivity contribution >= 4 is 38.9 Å². The molecule has 0 unspecified atom stereocenters. The SMILES string of the molecule is COc1ccc(N(CC(=O)Nc2c(C)cc(C)cc2Cl)S(=O)(=O)c2ccc(C)cc2)cc1. The number of benzene rings is 3. The molecule has 0 aliphatic carbocycles. The number of nitrogens with one attached hydrogen (secondary N) is 1. The normalized spacial score (nSPS) is 11.2. The van der Waals surface area contributed by atoms with Crippen LogP contribution in [0.3, 0.4) is 0 Å². The molecule has 6 nitrogen and oxygen atoms in total. The van der Waals surface area contributed by atoms with E-state index in [1.54, 1.807) is 42.5 Å². The summed E-state index contributed by atoms with van der Waals surface area (Å²) in [5, 5.41) is 3.16. The Labute approximate surface area is 193 Å². The number of rotatable bonds is 7. The van der Waals surface area contributed by atoms with Crippen LogP contribution in [0.1, 0.15) is 16.7 Å². The van der Waals surface area contributed by atoms with Gasteiger partial charge in [-0.2, -0.15) is 0 Å². The van der Waals surface area contributed by atoms with Gasteiger partial charge in [0, 0.05) is 0 Å². The largest absolute Gasteiger partial charge is 0.497 e. The second kappa shape index (κ2) is 9.63. The van der Waals surface area contributed by atoms with E-state index in [4.69, 9.17) is 16.3 Å². The molecular formula is C24H25ClN2O4S. The number of sulfonamides is 1. The summed E-state index contributed by atoms with van der Waals surface area (Å²) in [4.78, 5) is 13.0. The maximum absolute atomic E-state index is 13.5. The second-order valence-electron chi connectivity index (χ2n) is 7.51. The second-order valence-corrected chi connectivity index (χ2v) is 9.78. The molecule has 0 atom stereocenters. The number of aryl methyl sites for hydroxylation is 3. The number of carbonyl (C=O) groups excluding carboxylic acids is 1. The third-order valence-corrected chi connectivity index (χ3v) is 7.04. The van der Waals surface area contributed by atoms with Gasteiger partial charge in [-0.3, -0.25) is 9.10 Å². The van der Waals surface area contributed by atoms with Gasteiger partial charge in [-0.1, -0.05) is 35.4 Å². The zero-order chi connectivity index (χ0) is 23.5. The fourth-order valence-electron chi connectivity index (χ4n) is 3.28. The highest BCUT2D eigenvalue weighted by Crippen LogP contribution is 2.29. The van der Waals surface area contributed by atoms with Crippen LogP contribution in [0.25, 0.3) is 0 Å². The van der Waals surface area contributed by atoms with E-state index in [0.717, 1.165) is 21.0 Å². The molecule has 1 N–H and O–H groups in total. The highest BCUT2D eigenvalue weighted by Gasteiger charge is 2.27. The average Bonchev–Trinajstić information content (AvgIpc) is 2.75. The summed E-state index contributed by atoms with van der Waals surface area (Å²) in [5.74, 6) is 0.0679. The number of methoxy groups -OCH3 is 1. The molecule has 0 aliphatic rings. The summed E-state index contributed by atoms with van der Waals surface area (Å²) in [6.45, 7) is 5.19. The van der Waals surface area contributed by atoms with Crippen LogP contribution in [0.15, 0.2) is 65.6 Å². The minimum atomic E-state index is -4.01. The Bertz CT molecular complexity index is 1200. The molecule has 3 rings (SSSR count). The van der Waals surface area contributed by atoms with Crippen molar-refractivity contribution in [2.45, 2.75) is 25.7 Å². The van der Waals surface area contributed by atoms with Crippen molar-refractivity contribution in [3.63, 3.8) is 0 Å². The van der Waals surface area contributed by atoms with Crippen molar-refractivity contribution in [3.05, 3.63) is 82.4 Å². The highest BCUT2D eigenvalue weighted by molar-refractivity contribution is 7.92. The number of halogens is 1. The number of anilines is 2. The molecule has 8 heteroatoms. The van der Waals surface area contributed by atoms with Gasteiger partial charge in [-0.25, -0.2) is 8.42 Å². The van der Waals surface area contributed by atoms with E-state index in [1.807, 2.05) is 26.8 Å². The summed E-state index contributed by atoms with van der Waals surface area (Å²) < 4.78 is 33.1. The van der Waals surface area contributed by atoms with Gasteiger partial charge in [0.25, 0.3) is 10.0 Å². The van der Waals surface area contributed by atoms with Crippen molar-refractivity contribution in [3.8, 4) is 5.75 Å². The molecule has 1 amide bonds. The summed E-state index contributed by atoms with van der Waals surface area (Å²) >= 11 is 6.31. The van der Waals surface area contributed by atoms with Gasteiger partial charge in [0.2, 0.25) is 5.91 Å². The number of nitrogens with zero attached hydrogens (tertiary/aromatic N) is 1. The zero-order valence-corrected chi connectivity index (χ0v) is 19.9. The number of hydrogen-bond donors (Lipinski definition) is 1. The van der Waals surface area contributed by atoms with Crippen molar-refractivity contribution in [2.75, 3.05) is 23.3 Å². The minimum Gasteiger partial charge on any atom is -0.497 e. The average molecular weight is 473 g/mol. The standard InChI is InChI=1S/C24H25ClN2O4S/c1-16-5-11-21(12-6-16)32(29,30)27(19-7-9-20(31-4)10-8-19)15-23(28)26-24-18(3)13-17(2)14-22(24)25/h5-14H,15H2,1-4H3,(H,26,28). The van der Waals surface area contributed by atoms with E-state index < -0.39 is 22.5 Å². The summed E-state index contributed by atoms with van der Waals surface area (Å²) in [6.07, 6.45) is 0. The van der Waals surface area contributed by atoms with E-state index in [0.29, 0.717) is 22.1 Å². The molecule has 0 saturated carbocycles. The predicted octanol–water partition coefficient (Wildman–Crippen LogP) is 5.11. The zero-order valence-electron chi connectivity index (χ0n) is 18.3. The smallest absolute Gasteiger partial charge is 0.264 e. The molecule has 0 radical (unpaired) electrons. The van der Waals surface area contributed by atoms with Gasteiger partial charge in [-0.15, -0.1) is 0 Å². The first kappa shape index (κ1) is 23.6. The summed E-state index contributed by atoms with van der Waals surface area (Å²) in [6, 6.07) is 16.6. The Morgan fingerprint density at radius 2 is 1.59 bits per heavy atom. The van der Waals surface area contributed by atoms with E-state index in [1.165, 1.54) is 19.2 Å². The Balaban J connectivity index is 1.97. The fraction of sp³-hybridized carbons (Fsp3) is 0.208. The van der Waals surface area contributed by atoms with Gasteiger partial charge in [0.05, 0.1) is 28.4 Å². The topological polar surface area (TPSA) is 75.7 Å². The highest BCUT2D eigenvalue weighted by atomic mass is 35.5. The molecule has 32 heavy (non-hydrogen) atoms. The molecule has 3 aromatic rings. The molecule has 3 aromatic carbocycles. The maximum Gasteiger partial charge on any atom is 0.264 e. The molecule has 0 heterocycles. The Morgan fingerprint density at radius 3 is 2.16 bits per heavy atom. The van der Waals surface area contributed by atoms with Crippen LogP contribution in [-0.2, 0) is 14.8 Å². The van der Waals surface area contributed by atoms with Gasteiger partial charge < -0.3 is 10.1 Å². The van der Waals surface area contributed by atoms with E-state index in [-0.39, 0.29) is 4.90 Å². The van der Waals surface area contributed by atoms with Crippen LogP contribution >= 0.6 is 11.6 Å². The first-order valence-corrected chi connectivity index (χ1v) is 11.7. The van der Waals surface area contributed by atoms with Gasteiger partial charge >= 0.3 is 0 Å². The van der Waals surface area contributed by atoms with Crippen molar-refractivity contribution in [1.82, 2.24) is 0 Å². The maximum atomic E-state index is 13.5. The van der Waals surface area contributed by atoms with Gasteiger partial charge in [-0.05, 0) is 74.4 Å². The molecule has 0 aromatic heterocycles. The van der Waals surface area contributed by atoms with E-state index in [2.05, 4.69) is 5.32 Å². The molecular weight excluding hydrogens is 448 g/mol. The van der Waals surface area contributed by atoms with Crippen molar-refractivity contribution in [1.29, 1.82) is 0 Å². The van der Waals surface area contributed by atoms with Gasteiger partial charge in [0.15, 0.2) is 0 Å². The first-order chi connectivity index (χ1) is 15.1. The number of carbonyl (C=O) groups is 1. The monoisotopic (exact) mass is 472 g/mol. The Kier molecular flexibility index (Phi) is 7.11. The number of amides is 1. The lowest BCUT2D eigenvalue weighted by molar-refractivity contribution is -0.114. The minimum absolute atomic E-state index is 0.0938. The lowest BCUT2D eigenvalue weighted by Gasteiger charge is -2.24. The first-order valence-electron chi connectivity index (χ1n) is 9.92. The Morgan fingerprint density at radius 1 is 0.969 bits per heavy atom. The van der Waals surface area contributed by atoms with Crippen LogP contribution < -0.4 is 14.4 Å². The molecule has 0 aliphatic heterocycles. The number of hydrogen-bond acceptors (Lipinski definition) is 4.